The maximum atomic E-state index is 11.6. The smallest absolute Gasteiger partial charge is 0.395 e. The van der Waals surface area contributed by atoms with Crippen molar-refractivity contribution in [3.63, 3.8) is 0 Å². The van der Waals surface area contributed by atoms with Crippen LogP contribution in [-0.2, 0) is 15.6 Å². The van der Waals surface area contributed by atoms with Crippen molar-refractivity contribution in [1.29, 1.82) is 0 Å². The van der Waals surface area contributed by atoms with Crippen LogP contribution in [0.25, 0.3) is 11.0 Å². The Balaban J connectivity index is 0.000000516. The largest absolute Gasteiger partial charge is 0.469 e. The molecule has 0 bridgehead atoms. The molecule has 0 fully saturated rings. The fourth-order valence-corrected chi connectivity index (χ4v) is 3.01. The third-order valence-corrected chi connectivity index (χ3v) is 4.84. The molecule has 11 nitrogen and oxygen atoms in total. The summed E-state index contributed by atoms with van der Waals surface area (Å²) in [5.74, 6) is 0. The molecule has 1 unspecified atom stereocenters. The zero-order valence-electron chi connectivity index (χ0n) is 16.7. The van der Waals surface area contributed by atoms with Crippen LogP contribution in [-0.4, -0.2) is 73.6 Å². The second-order valence-corrected chi connectivity index (χ2v) is 7.66. The summed E-state index contributed by atoms with van der Waals surface area (Å²) in [6.07, 6.45) is 1.55. The number of fused-ring (bicyclic) bond motifs is 1. The number of aliphatic hydroxyl groups is 1. The first kappa shape index (κ1) is 25.7. The summed E-state index contributed by atoms with van der Waals surface area (Å²) in [7, 11) is -4.60. The molecule has 0 saturated heterocycles. The van der Waals surface area contributed by atoms with Gasteiger partial charge in [0.05, 0.1) is 19.3 Å². The second kappa shape index (κ2) is 12.4. The van der Waals surface area contributed by atoms with Gasteiger partial charge in [0.25, 0.3) is 5.56 Å². The van der Waals surface area contributed by atoms with Crippen molar-refractivity contribution in [2.24, 2.45) is 0 Å². The Bertz CT molecular complexity index is 844. The maximum absolute atomic E-state index is 11.6. The average molecular weight is 454 g/mol. The summed E-state index contributed by atoms with van der Waals surface area (Å²) in [6.45, 7) is 9.54. The fraction of sp³-hybridized carbons (Fsp3) is 0.625. The van der Waals surface area contributed by atoms with Crippen molar-refractivity contribution in [3.05, 3.63) is 27.4 Å². The lowest BCUT2D eigenvalue weighted by atomic mass is 10.2. The van der Waals surface area contributed by atoms with Crippen molar-refractivity contribution < 1.29 is 24.0 Å². The zero-order chi connectivity index (χ0) is 22.0. The summed E-state index contributed by atoms with van der Waals surface area (Å²) in [5, 5.41) is 11.9. The molecular formula is C16H29ClN5O6P. The zero-order valence-corrected chi connectivity index (χ0v) is 18.3. The van der Waals surface area contributed by atoms with Gasteiger partial charge < -0.3 is 30.1 Å². The second-order valence-electron chi connectivity index (χ2n) is 6.06. The number of halogens is 1. The number of phosphoric ester groups is 1. The van der Waals surface area contributed by atoms with Crippen molar-refractivity contribution in [1.82, 2.24) is 25.2 Å². The Labute approximate surface area is 173 Å². The van der Waals surface area contributed by atoms with E-state index in [2.05, 4.69) is 50.5 Å². The van der Waals surface area contributed by atoms with Gasteiger partial charge in [0.2, 0.25) is 5.28 Å². The molecule has 0 spiro atoms. The Kier molecular flexibility index (Phi) is 11.0. The highest BCUT2D eigenvalue weighted by Gasteiger charge is 2.18. The van der Waals surface area contributed by atoms with E-state index in [1.807, 2.05) is 0 Å². The van der Waals surface area contributed by atoms with Gasteiger partial charge in [-0.25, -0.2) is 9.55 Å². The lowest BCUT2D eigenvalue weighted by Gasteiger charge is -2.16. The quantitative estimate of drug-likeness (QED) is 0.225. The lowest BCUT2D eigenvalue weighted by molar-refractivity contribution is 0.145. The Hall–Kier alpha value is -1.30. The first-order chi connectivity index (χ1) is 13.6. The van der Waals surface area contributed by atoms with Crippen LogP contribution < -0.4 is 10.9 Å². The third kappa shape index (κ3) is 8.93. The molecule has 1 atom stereocenters. The molecule has 2 aromatic heterocycles. The average Bonchev–Trinajstić information content (AvgIpc) is 3.06. The molecule has 2 heterocycles. The van der Waals surface area contributed by atoms with E-state index in [0.717, 1.165) is 0 Å². The van der Waals surface area contributed by atoms with Crippen LogP contribution in [0.3, 0.4) is 0 Å². The van der Waals surface area contributed by atoms with Gasteiger partial charge in [0.15, 0.2) is 0 Å². The van der Waals surface area contributed by atoms with Crippen LogP contribution in [0.1, 0.15) is 26.3 Å². The SMILES string of the molecule is CCN(CC)CC.O=c1[nH]c(Cl)nc2c(CNC(CO)COP(=O)(O)O)c[nH]c12. The minimum atomic E-state index is -4.60. The number of aromatic nitrogens is 3. The first-order valence-corrected chi connectivity index (χ1v) is 11.1. The van der Waals surface area contributed by atoms with Crippen molar-refractivity contribution >= 4 is 30.5 Å². The van der Waals surface area contributed by atoms with E-state index in [1.165, 1.54) is 19.6 Å². The molecule has 13 heteroatoms. The normalized spacial score (nSPS) is 12.8. The van der Waals surface area contributed by atoms with Crippen LogP contribution in [0.5, 0.6) is 0 Å². The number of nitrogens with zero attached hydrogens (tertiary/aromatic N) is 2. The Morgan fingerprint density at radius 1 is 1.31 bits per heavy atom. The third-order valence-electron chi connectivity index (χ3n) is 4.17. The molecule has 2 rings (SSSR count). The van der Waals surface area contributed by atoms with Crippen molar-refractivity contribution in [3.8, 4) is 0 Å². The minimum absolute atomic E-state index is 0.0538. The number of hydrogen-bond donors (Lipinski definition) is 6. The number of hydrogen-bond acceptors (Lipinski definition) is 7. The van der Waals surface area contributed by atoms with E-state index in [4.69, 9.17) is 26.5 Å². The number of phosphoric acid groups is 1. The van der Waals surface area contributed by atoms with Crippen LogP contribution in [0, 0.1) is 0 Å². The van der Waals surface area contributed by atoms with Crippen LogP contribution >= 0.6 is 19.4 Å². The van der Waals surface area contributed by atoms with Gasteiger partial charge >= 0.3 is 7.82 Å². The first-order valence-electron chi connectivity index (χ1n) is 9.17. The van der Waals surface area contributed by atoms with Gasteiger partial charge in [-0.05, 0) is 31.2 Å². The van der Waals surface area contributed by atoms with Gasteiger partial charge in [-0.3, -0.25) is 14.3 Å². The summed E-state index contributed by atoms with van der Waals surface area (Å²) in [4.78, 5) is 40.4. The number of H-pyrrole nitrogens is 2. The fourth-order valence-electron chi connectivity index (χ4n) is 2.46. The molecule has 0 saturated carbocycles. The Morgan fingerprint density at radius 2 is 1.93 bits per heavy atom. The number of rotatable bonds is 10. The van der Waals surface area contributed by atoms with Crippen molar-refractivity contribution in [2.75, 3.05) is 32.8 Å². The van der Waals surface area contributed by atoms with Crippen LogP contribution in [0.4, 0.5) is 0 Å². The van der Waals surface area contributed by atoms with Crippen LogP contribution in [0.15, 0.2) is 11.0 Å². The molecule has 0 aromatic carbocycles. The van der Waals surface area contributed by atoms with E-state index in [0.29, 0.717) is 11.1 Å². The summed E-state index contributed by atoms with van der Waals surface area (Å²) >= 11 is 5.70. The number of aromatic amines is 2. The van der Waals surface area contributed by atoms with E-state index in [-0.39, 0.29) is 24.0 Å². The van der Waals surface area contributed by atoms with E-state index < -0.39 is 26.0 Å². The molecule has 29 heavy (non-hydrogen) atoms. The molecule has 0 aliphatic carbocycles. The predicted octanol–water partition coefficient (Wildman–Crippen LogP) is 0.812. The van der Waals surface area contributed by atoms with Crippen LogP contribution in [0.2, 0.25) is 5.28 Å². The van der Waals surface area contributed by atoms with Gasteiger partial charge in [-0.15, -0.1) is 0 Å². The molecule has 0 amide bonds. The maximum Gasteiger partial charge on any atom is 0.469 e. The Morgan fingerprint density at radius 3 is 2.41 bits per heavy atom. The summed E-state index contributed by atoms with van der Waals surface area (Å²) in [6, 6.07) is -0.699. The van der Waals surface area contributed by atoms with Gasteiger partial charge in [0, 0.05) is 18.3 Å². The molecule has 0 aliphatic heterocycles. The van der Waals surface area contributed by atoms with Gasteiger partial charge in [-0.1, -0.05) is 20.8 Å². The lowest BCUT2D eigenvalue weighted by Crippen LogP contribution is -2.36. The number of nitrogens with one attached hydrogen (secondary N) is 3. The molecular weight excluding hydrogens is 425 g/mol. The van der Waals surface area contributed by atoms with E-state index >= 15 is 0 Å². The number of aliphatic hydroxyl groups excluding tert-OH is 1. The molecule has 166 valence electrons. The van der Waals surface area contributed by atoms with E-state index in [1.54, 1.807) is 6.20 Å². The highest BCUT2D eigenvalue weighted by atomic mass is 35.5. The monoisotopic (exact) mass is 453 g/mol. The molecule has 6 N–H and O–H groups in total. The predicted molar refractivity (Wildman–Crippen MR) is 111 cm³/mol. The highest BCUT2D eigenvalue weighted by molar-refractivity contribution is 7.46. The molecule has 0 radical (unpaired) electrons. The molecule has 0 aliphatic rings. The molecule has 2 aromatic rings. The summed E-state index contributed by atoms with van der Waals surface area (Å²) in [5.41, 5.74) is 0.824. The van der Waals surface area contributed by atoms with E-state index in [9.17, 15) is 9.36 Å². The highest BCUT2D eigenvalue weighted by Crippen LogP contribution is 2.35. The minimum Gasteiger partial charge on any atom is -0.395 e. The van der Waals surface area contributed by atoms with Crippen molar-refractivity contribution in [2.45, 2.75) is 33.4 Å². The van der Waals surface area contributed by atoms with Gasteiger partial charge in [0.1, 0.15) is 11.0 Å². The summed E-state index contributed by atoms with van der Waals surface area (Å²) < 4.78 is 15.0. The standard InChI is InChI=1S/C10H14ClN4O6P.C6H15N/c11-10-14-7-5(2-13-8(7)9(17)15-10)1-12-6(3-16)4-21-22(18,19)20;1-4-7(5-2)6-3/h2,6,12-13,16H,1,3-4H2,(H,14,15,17)(H2,18,19,20);4-6H2,1-3H3. The topological polar surface area (TPSA) is 164 Å². The van der Waals surface area contributed by atoms with Gasteiger partial charge in [-0.2, -0.15) is 0 Å².